The Morgan fingerprint density at radius 1 is 1.15 bits per heavy atom. The van der Waals surface area contributed by atoms with Crippen LogP contribution < -0.4 is 4.74 Å². The molecule has 4 nitrogen and oxygen atoms in total. The number of hydrogen-bond acceptors (Lipinski definition) is 4. The molecule has 1 fully saturated rings. The van der Waals surface area contributed by atoms with E-state index in [0.29, 0.717) is 17.4 Å². The summed E-state index contributed by atoms with van der Waals surface area (Å²) in [6.07, 6.45) is 4.57. The molecule has 0 aromatic heterocycles. The van der Waals surface area contributed by atoms with Crippen molar-refractivity contribution < 1.29 is 18.7 Å². The zero-order valence-electron chi connectivity index (χ0n) is 15.3. The molecule has 27 heavy (non-hydrogen) atoms. The van der Waals surface area contributed by atoms with Crippen molar-refractivity contribution in [3.8, 4) is 11.8 Å². The van der Waals surface area contributed by atoms with E-state index >= 15 is 0 Å². The molecule has 5 heteroatoms. The Kier molecular flexibility index (Phi) is 6.20. The number of carbonyl (C=O) groups excluding carboxylic acids is 1. The number of esters is 1. The second kappa shape index (κ2) is 8.79. The van der Waals surface area contributed by atoms with Gasteiger partial charge in [-0.25, -0.2) is 9.18 Å². The van der Waals surface area contributed by atoms with Crippen LogP contribution in [-0.4, -0.2) is 19.7 Å². The van der Waals surface area contributed by atoms with Crippen molar-refractivity contribution in [1.82, 2.24) is 0 Å². The molecule has 0 radical (unpaired) electrons. The van der Waals surface area contributed by atoms with Gasteiger partial charge in [0, 0.05) is 19.8 Å². The number of benzene rings is 2. The number of nitrogens with zero attached hydrogens (tertiary/aromatic N) is 1. The van der Waals surface area contributed by atoms with Crippen molar-refractivity contribution in [2.24, 2.45) is 5.92 Å². The summed E-state index contributed by atoms with van der Waals surface area (Å²) in [4.78, 5) is 12.3. The number of carbonyl (C=O) groups is 1. The Bertz CT molecular complexity index is 834. The summed E-state index contributed by atoms with van der Waals surface area (Å²) in [6, 6.07) is 12.9. The summed E-state index contributed by atoms with van der Waals surface area (Å²) < 4.78 is 24.1. The number of rotatable bonds is 5. The summed E-state index contributed by atoms with van der Waals surface area (Å²) in [5.74, 6) is -0.0159. The van der Waals surface area contributed by atoms with Gasteiger partial charge in [-0.3, -0.25) is 0 Å². The highest BCUT2D eigenvalue weighted by Gasteiger charge is 2.22. The molecule has 2 aromatic carbocycles. The largest absolute Gasteiger partial charge is 0.423 e. The zero-order chi connectivity index (χ0) is 19.2. The molecular weight excluding hydrogens is 345 g/mol. The fraction of sp³-hybridized carbons (Fsp3) is 0.364. The van der Waals surface area contributed by atoms with Gasteiger partial charge in [0.2, 0.25) is 0 Å². The monoisotopic (exact) mass is 367 g/mol. The van der Waals surface area contributed by atoms with Crippen molar-refractivity contribution in [3.05, 3.63) is 65.0 Å². The average Bonchev–Trinajstić information content (AvgIpc) is 2.69. The van der Waals surface area contributed by atoms with Gasteiger partial charge in [0.25, 0.3) is 0 Å². The van der Waals surface area contributed by atoms with Crippen LogP contribution >= 0.6 is 0 Å². The van der Waals surface area contributed by atoms with Crippen molar-refractivity contribution in [2.45, 2.75) is 31.6 Å². The number of nitriles is 1. The second-order valence-electron chi connectivity index (χ2n) is 6.94. The van der Waals surface area contributed by atoms with Gasteiger partial charge in [0.1, 0.15) is 17.6 Å². The highest BCUT2D eigenvalue weighted by Crippen LogP contribution is 2.35. The third-order valence-corrected chi connectivity index (χ3v) is 5.14. The Morgan fingerprint density at radius 3 is 2.44 bits per heavy atom. The van der Waals surface area contributed by atoms with E-state index in [9.17, 15) is 9.18 Å². The summed E-state index contributed by atoms with van der Waals surface area (Å²) in [5.41, 5.74) is 1.56. The van der Waals surface area contributed by atoms with Crippen LogP contribution in [0, 0.1) is 23.1 Å². The number of halogens is 1. The fourth-order valence-electron chi connectivity index (χ4n) is 3.61. The molecule has 0 saturated heterocycles. The minimum atomic E-state index is -0.706. The zero-order valence-corrected chi connectivity index (χ0v) is 15.3. The quantitative estimate of drug-likeness (QED) is 0.561. The lowest BCUT2D eigenvalue weighted by molar-refractivity contribution is 0.0734. The molecule has 0 aliphatic heterocycles. The van der Waals surface area contributed by atoms with E-state index in [2.05, 4.69) is 0 Å². The molecule has 1 aliphatic rings. The van der Waals surface area contributed by atoms with Gasteiger partial charge < -0.3 is 9.47 Å². The van der Waals surface area contributed by atoms with Crippen LogP contribution in [0.15, 0.2) is 42.5 Å². The molecule has 0 amide bonds. The van der Waals surface area contributed by atoms with Gasteiger partial charge in [-0.2, -0.15) is 5.26 Å². The fourth-order valence-corrected chi connectivity index (χ4v) is 3.61. The Balaban J connectivity index is 1.61. The summed E-state index contributed by atoms with van der Waals surface area (Å²) >= 11 is 0. The van der Waals surface area contributed by atoms with Crippen molar-refractivity contribution in [1.29, 1.82) is 5.26 Å². The van der Waals surface area contributed by atoms with Gasteiger partial charge in [-0.15, -0.1) is 0 Å². The second-order valence-corrected chi connectivity index (χ2v) is 6.94. The van der Waals surface area contributed by atoms with E-state index in [0.717, 1.165) is 38.4 Å². The van der Waals surface area contributed by atoms with Crippen LogP contribution in [0.2, 0.25) is 0 Å². The first-order valence-electron chi connectivity index (χ1n) is 9.11. The van der Waals surface area contributed by atoms with Crippen molar-refractivity contribution in [3.63, 3.8) is 0 Å². The Labute approximate surface area is 158 Å². The highest BCUT2D eigenvalue weighted by atomic mass is 19.1. The lowest BCUT2D eigenvalue weighted by Crippen LogP contribution is -2.17. The molecule has 2 aromatic rings. The minimum Gasteiger partial charge on any atom is -0.423 e. The maximum atomic E-state index is 13.6. The van der Waals surface area contributed by atoms with Crippen LogP contribution in [0.1, 0.15) is 53.1 Å². The Morgan fingerprint density at radius 2 is 1.85 bits per heavy atom. The summed E-state index contributed by atoms with van der Waals surface area (Å²) in [7, 11) is 1.75. The predicted octanol–water partition coefficient (Wildman–Crippen LogP) is 4.84. The lowest BCUT2D eigenvalue weighted by Gasteiger charge is -2.28. The third kappa shape index (κ3) is 4.72. The molecule has 0 heterocycles. The van der Waals surface area contributed by atoms with Gasteiger partial charge in [-0.1, -0.05) is 12.1 Å². The molecular formula is C22H22FNO3. The highest BCUT2D eigenvalue weighted by molar-refractivity contribution is 5.91. The number of methoxy groups -OCH3 is 1. The normalized spacial score (nSPS) is 19.3. The number of hydrogen-bond donors (Lipinski definition) is 0. The average molecular weight is 367 g/mol. The lowest BCUT2D eigenvalue weighted by atomic mass is 9.79. The number of ether oxygens (including phenoxy) is 2. The smallest absolute Gasteiger partial charge is 0.343 e. The van der Waals surface area contributed by atoms with Gasteiger partial charge >= 0.3 is 5.97 Å². The molecule has 140 valence electrons. The summed E-state index contributed by atoms with van der Waals surface area (Å²) in [6.45, 7) is 0.827. The van der Waals surface area contributed by atoms with E-state index < -0.39 is 11.8 Å². The molecule has 0 N–H and O–H groups in total. The first-order chi connectivity index (χ1) is 13.1. The molecule has 0 spiro atoms. The maximum absolute atomic E-state index is 13.6. The maximum Gasteiger partial charge on any atom is 0.343 e. The predicted molar refractivity (Wildman–Crippen MR) is 99.1 cm³/mol. The van der Waals surface area contributed by atoms with Gasteiger partial charge in [0.15, 0.2) is 0 Å². The summed E-state index contributed by atoms with van der Waals surface area (Å²) in [5, 5.41) is 8.74. The topological polar surface area (TPSA) is 59.3 Å². The van der Waals surface area contributed by atoms with Crippen molar-refractivity contribution in [2.75, 3.05) is 13.7 Å². The first kappa shape index (κ1) is 19.1. The van der Waals surface area contributed by atoms with Crippen LogP contribution in [0.5, 0.6) is 5.75 Å². The molecule has 3 rings (SSSR count). The molecule has 1 saturated carbocycles. The van der Waals surface area contributed by atoms with Gasteiger partial charge in [0.05, 0.1) is 11.1 Å². The molecule has 0 unspecified atom stereocenters. The molecule has 0 atom stereocenters. The third-order valence-electron chi connectivity index (χ3n) is 5.14. The minimum absolute atomic E-state index is 0.0806. The first-order valence-corrected chi connectivity index (χ1v) is 9.11. The molecule has 0 bridgehead atoms. The van der Waals surface area contributed by atoms with Crippen LogP contribution in [0.4, 0.5) is 4.39 Å². The van der Waals surface area contributed by atoms with E-state index in [4.69, 9.17) is 14.7 Å². The van der Waals surface area contributed by atoms with Crippen LogP contribution in [0.25, 0.3) is 0 Å². The van der Waals surface area contributed by atoms with E-state index in [1.807, 2.05) is 12.1 Å². The van der Waals surface area contributed by atoms with E-state index in [-0.39, 0.29) is 11.3 Å². The van der Waals surface area contributed by atoms with E-state index in [1.54, 1.807) is 25.3 Å². The Hall–Kier alpha value is -2.71. The standard InChI is InChI=1S/C22H22FNO3/c1-26-14-15-2-4-16(5-3-15)17-6-8-18(9-7-17)22(25)27-20-11-10-19(13-24)21(23)12-20/h6-12,15-16H,2-5,14H2,1H3. The van der Waals surface area contributed by atoms with E-state index in [1.165, 1.54) is 17.7 Å². The van der Waals surface area contributed by atoms with Crippen LogP contribution in [0.3, 0.4) is 0 Å². The van der Waals surface area contributed by atoms with Gasteiger partial charge in [-0.05, 0) is 67.3 Å². The van der Waals surface area contributed by atoms with Crippen molar-refractivity contribution >= 4 is 5.97 Å². The van der Waals surface area contributed by atoms with Crippen LogP contribution in [-0.2, 0) is 4.74 Å². The SMILES string of the molecule is COCC1CCC(c2ccc(C(=O)Oc3ccc(C#N)c(F)c3)cc2)CC1. The molecule has 1 aliphatic carbocycles.